The summed E-state index contributed by atoms with van der Waals surface area (Å²) in [6.45, 7) is 6.79. The molecule has 0 bridgehead atoms. The van der Waals surface area contributed by atoms with Crippen LogP contribution in [-0.4, -0.2) is 11.8 Å². The number of nitrogens with zero attached hydrogens (tertiary/aromatic N) is 1. The minimum absolute atomic E-state index is 0.0759. The van der Waals surface area contributed by atoms with Gasteiger partial charge in [-0.1, -0.05) is 117 Å². The van der Waals surface area contributed by atoms with Gasteiger partial charge in [-0.2, -0.15) is 0 Å². The monoisotopic (exact) mass is 788 g/mol. The standard InChI is InChI=1S/C54H37BN2O2S/c1-54(2,3)31-17-19-32(20-18-31)56-44-28-51-41(34-14-8-10-16-50(34)60-51)23-37(44)35-21-22-36-38-26-49-39(33-13-7-9-15-47(33)59-49)24-45(38)57-46-25-40-42(30-11-5-4-6-12-30)29-58-48(40)27-43(46)55-52(35)53(36)57/h4-29,55-56H,1-3H3. The van der Waals surface area contributed by atoms with Gasteiger partial charge in [0.25, 0.3) is 0 Å². The van der Waals surface area contributed by atoms with Gasteiger partial charge in [-0.3, -0.25) is 0 Å². The van der Waals surface area contributed by atoms with Crippen LogP contribution in [0.3, 0.4) is 0 Å². The Hall–Kier alpha value is -7.02. The number of hydrogen-bond acceptors (Lipinski definition) is 4. The molecule has 5 heterocycles. The number of rotatable bonds is 4. The van der Waals surface area contributed by atoms with Gasteiger partial charge >= 0.3 is 0 Å². The molecule has 1 N–H and O–H groups in total. The molecule has 1 aliphatic rings. The topological polar surface area (TPSA) is 43.2 Å². The molecule has 60 heavy (non-hydrogen) atoms. The Morgan fingerprint density at radius 1 is 0.567 bits per heavy atom. The summed E-state index contributed by atoms with van der Waals surface area (Å²) in [7, 11) is 0.761. The fourth-order valence-electron chi connectivity index (χ4n) is 9.86. The molecule has 0 amide bonds. The van der Waals surface area contributed by atoms with Crippen molar-refractivity contribution < 1.29 is 8.83 Å². The van der Waals surface area contributed by atoms with Gasteiger partial charge in [-0.25, -0.2) is 0 Å². The van der Waals surface area contributed by atoms with E-state index in [-0.39, 0.29) is 5.41 Å². The van der Waals surface area contributed by atoms with Crippen LogP contribution in [-0.2, 0) is 5.41 Å². The summed E-state index contributed by atoms with van der Waals surface area (Å²) in [6.07, 6.45) is 1.92. The number of nitrogens with one attached hydrogen (secondary N) is 1. The summed E-state index contributed by atoms with van der Waals surface area (Å²) in [5.74, 6) is 0. The largest absolute Gasteiger partial charge is 0.464 e. The number of hydrogen-bond donors (Lipinski definition) is 1. The zero-order chi connectivity index (χ0) is 39.9. The molecule has 12 aromatic rings. The average Bonchev–Trinajstić information content (AvgIpc) is 4.03. The molecule has 0 radical (unpaired) electrons. The van der Waals surface area contributed by atoms with Crippen molar-refractivity contribution in [2.24, 2.45) is 0 Å². The minimum Gasteiger partial charge on any atom is -0.464 e. The molecule has 4 nitrogen and oxygen atoms in total. The number of aromatic nitrogens is 1. The van der Waals surface area contributed by atoms with E-state index in [2.05, 4.69) is 176 Å². The second-order valence-corrected chi connectivity index (χ2v) is 18.5. The molecule has 0 aliphatic carbocycles. The van der Waals surface area contributed by atoms with E-state index in [1.54, 1.807) is 0 Å². The van der Waals surface area contributed by atoms with Gasteiger partial charge in [0.1, 0.15) is 16.7 Å². The summed E-state index contributed by atoms with van der Waals surface area (Å²) >= 11 is 1.86. The predicted octanol–water partition coefficient (Wildman–Crippen LogP) is 13.9. The quantitative estimate of drug-likeness (QED) is 0.181. The zero-order valence-electron chi connectivity index (χ0n) is 33.4. The fourth-order valence-corrected chi connectivity index (χ4v) is 11.0. The van der Waals surface area contributed by atoms with Crippen LogP contribution in [0.2, 0.25) is 0 Å². The number of furan rings is 2. The Morgan fingerprint density at radius 3 is 2.22 bits per heavy atom. The van der Waals surface area contributed by atoms with E-state index in [0.717, 1.165) is 62.7 Å². The van der Waals surface area contributed by atoms with Gasteiger partial charge in [0.2, 0.25) is 0 Å². The van der Waals surface area contributed by atoms with Crippen LogP contribution in [0.4, 0.5) is 11.4 Å². The van der Waals surface area contributed by atoms with Gasteiger partial charge in [-0.15, -0.1) is 11.3 Å². The van der Waals surface area contributed by atoms with Gasteiger partial charge < -0.3 is 18.7 Å². The minimum atomic E-state index is 0.0759. The van der Waals surface area contributed by atoms with Crippen LogP contribution in [0.5, 0.6) is 0 Å². The normalized spacial score (nSPS) is 12.7. The van der Waals surface area contributed by atoms with Crippen molar-refractivity contribution >= 4 is 116 Å². The van der Waals surface area contributed by atoms with Crippen molar-refractivity contribution in [3.05, 3.63) is 163 Å². The molecule has 0 fully saturated rings. The van der Waals surface area contributed by atoms with Crippen LogP contribution in [0.15, 0.2) is 167 Å². The molecule has 0 saturated heterocycles. The lowest BCUT2D eigenvalue weighted by atomic mass is 9.59. The van der Waals surface area contributed by atoms with E-state index >= 15 is 0 Å². The third-order valence-electron chi connectivity index (χ3n) is 12.8. The van der Waals surface area contributed by atoms with E-state index in [0.29, 0.717) is 0 Å². The highest BCUT2D eigenvalue weighted by Crippen LogP contribution is 2.45. The molecule has 6 heteroatoms. The average molecular weight is 789 g/mol. The SMILES string of the molecule is CC(C)(C)c1ccc(Nc2cc3sc4ccccc4c3cc2-c2ccc3c4cc5oc6ccccc6c5cc4n4c3c2Bc2cc3occ(-c5ccccc5)c3cc2-4)cc1. The van der Waals surface area contributed by atoms with E-state index in [1.807, 2.05) is 23.7 Å². The molecule has 0 saturated carbocycles. The molecule has 284 valence electrons. The highest BCUT2D eigenvalue weighted by Gasteiger charge is 2.29. The van der Waals surface area contributed by atoms with Crippen molar-refractivity contribution in [2.75, 3.05) is 5.32 Å². The molecular weight excluding hydrogens is 751 g/mol. The number of anilines is 2. The molecule has 0 unspecified atom stereocenters. The molecule has 8 aromatic carbocycles. The van der Waals surface area contributed by atoms with E-state index < -0.39 is 0 Å². The highest BCUT2D eigenvalue weighted by atomic mass is 32.1. The first-order valence-electron chi connectivity index (χ1n) is 20.7. The predicted molar refractivity (Wildman–Crippen MR) is 256 cm³/mol. The second-order valence-electron chi connectivity index (χ2n) is 17.4. The maximum atomic E-state index is 6.51. The van der Waals surface area contributed by atoms with Crippen molar-refractivity contribution in [3.8, 4) is 27.9 Å². The third kappa shape index (κ3) is 4.92. The van der Waals surface area contributed by atoms with Crippen molar-refractivity contribution in [1.29, 1.82) is 0 Å². The van der Waals surface area contributed by atoms with Gasteiger partial charge in [0.15, 0.2) is 7.28 Å². The lowest BCUT2D eigenvalue weighted by molar-refractivity contribution is 0.590. The van der Waals surface area contributed by atoms with Crippen molar-refractivity contribution in [1.82, 2.24) is 4.57 Å². The maximum absolute atomic E-state index is 6.51. The number of para-hydroxylation sites is 1. The Kier molecular flexibility index (Phi) is 6.93. The Bertz CT molecular complexity index is 3750. The zero-order valence-corrected chi connectivity index (χ0v) is 34.2. The molecule has 13 rings (SSSR count). The third-order valence-corrected chi connectivity index (χ3v) is 14.0. The smallest absolute Gasteiger partial charge is 0.198 e. The van der Waals surface area contributed by atoms with Crippen LogP contribution in [0.1, 0.15) is 26.3 Å². The summed E-state index contributed by atoms with van der Waals surface area (Å²) in [5.41, 5.74) is 17.1. The van der Waals surface area contributed by atoms with Gasteiger partial charge in [-0.05, 0) is 88.2 Å². The molecule has 4 aromatic heterocycles. The molecule has 0 atom stereocenters. The number of fused-ring (bicyclic) bond motifs is 12. The van der Waals surface area contributed by atoms with Crippen molar-refractivity contribution in [2.45, 2.75) is 26.2 Å². The van der Waals surface area contributed by atoms with Gasteiger partial charge in [0, 0.05) is 80.8 Å². The van der Waals surface area contributed by atoms with Crippen LogP contribution in [0, 0.1) is 0 Å². The lowest BCUT2D eigenvalue weighted by Gasteiger charge is -2.24. The Balaban J connectivity index is 1.10. The van der Waals surface area contributed by atoms with E-state index in [4.69, 9.17) is 8.83 Å². The summed E-state index contributed by atoms with van der Waals surface area (Å²) < 4.78 is 18.0. The number of benzene rings is 8. The van der Waals surface area contributed by atoms with Crippen molar-refractivity contribution in [3.63, 3.8) is 0 Å². The second kappa shape index (κ2) is 12.3. The maximum Gasteiger partial charge on any atom is 0.198 e. The lowest BCUT2D eigenvalue weighted by Crippen LogP contribution is -2.37. The Morgan fingerprint density at radius 2 is 1.37 bits per heavy atom. The molecule has 0 spiro atoms. The van der Waals surface area contributed by atoms with Crippen LogP contribution < -0.4 is 16.2 Å². The molecular formula is C54H37BN2O2S. The first-order valence-corrected chi connectivity index (χ1v) is 21.5. The summed E-state index contributed by atoms with van der Waals surface area (Å²) in [5, 5.41) is 12.3. The fraction of sp³-hybridized carbons (Fsp3) is 0.0741. The summed E-state index contributed by atoms with van der Waals surface area (Å²) in [6, 6.07) is 55.4. The molecule has 1 aliphatic heterocycles. The Labute approximate surface area is 350 Å². The van der Waals surface area contributed by atoms with Gasteiger partial charge in [0.05, 0.1) is 11.8 Å². The number of thiophene rings is 1. The highest BCUT2D eigenvalue weighted by molar-refractivity contribution is 7.25. The first-order chi connectivity index (χ1) is 29.3. The van der Waals surface area contributed by atoms with E-state index in [9.17, 15) is 0 Å². The first kappa shape index (κ1) is 33.9. The van der Waals surface area contributed by atoms with E-state index in [1.165, 1.54) is 75.3 Å². The summed E-state index contributed by atoms with van der Waals surface area (Å²) in [4.78, 5) is 0. The van der Waals surface area contributed by atoms with Crippen LogP contribution >= 0.6 is 11.3 Å². The van der Waals surface area contributed by atoms with Crippen LogP contribution in [0.25, 0.3) is 103 Å².